The van der Waals surface area contributed by atoms with Crippen molar-refractivity contribution in [3.8, 4) is 22.3 Å². The van der Waals surface area contributed by atoms with Gasteiger partial charge in [0.2, 0.25) is 0 Å². The van der Waals surface area contributed by atoms with Gasteiger partial charge in [-0.25, -0.2) is 22.0 Å². The molecule has 0 N–H and O–H groups in total. The maximum atomic E-state index is 14.3. The Labute approximate surface area is 135 Å². The summed E-state index contributed by atoms with van der Waals surface area (Å²) in [4.78, 5) is 0. The Morgan fingerprint density at radius 2 is 1.12 bits per heavy atom. The van der Waals surface area contributed by atoms with Gasteiger partial charge in [0.1, 0.15) is 17.5 Å². The maximum absolute atomic E-state index is 14.3. The third-order valence-corrected chi connectivity index (χ3v) is 3.67. The number of hydrogen-bond acceptors (Lipinski definition) is 0. The summed E-state index contributed by atoms with van der Waals surface area (Å²) >= 11 is 0. The van der Waals surface area contributed by atoms with Gasteiger partial charge in [-0.3, -0.25) is 0 Å². The predicted octanol–water partition coefficient (Wildman–Crippen LogP) is 6.02. The van der Waals surface area contributed by atoms with Gasteiger partial charge in [0, 0.05) is 5.56 Å². The third-order valence-electron chi connectivity index (χ3n) is 3.67. The van der Waals surface area contributed by atoms with Crippen molar-refractivity contribution in [3.05, 3.63) is 83.2 Å². The Balaban J connectivity index is 2.09. The van der Waals surface area contributed by atoms with E-state index in [9.17, 15) is 22.0 Å². The number of halogens is 5. The van der Waals surface area contributed by atoms with Crippen LogP contribution in [0.1, 0.15) is 5.56 Å². The SMILES string of the molecule is Cc1cc(F)c(-c2ccc(-c3ccc(F)c(F)c3)c(F)c2)c(F)c1. The lowest BCUT2D eigenvalue weighted by atomic mass is 9.98. The van der Waals surface area contributed by atoms with Gasteiger partial charge in [-0.15, -0.1) is 0 Å². The van der Waals surface area contributed by atoms with E-state index in [1.54, 1.807) is 6.92 Å². The lowest BCUT2D eigenvalue weighted by Crippen LogP contribution is -1.94. The quantitative estimate of drug-likeness (QED) is 0.502. The highest BCUT2D eigenvalue weighted by Crippen LogP contribution is 2.32. The summed E-state index contributed by atoms with van der Waals surface area (Å²) in [6.45, 7) is 1.54. The molecule has 24 heavy (non-hydrogen) atoms. The molecule has 0 saturated carbocycles. The fourth-order valence-corrected chi connectivity index (χ4v) is 2.54. The van der Waals surface area contributed by atoms with Gasteiger partial charge in [-0.2, -0.15) is 0 Å². The average molecular weight is 334 g/mol. The molecular formula is C19H11F5. The molecule has 0 fully saturated rings. The summed E-state index contributed by atoms with van der Waals surface area (Å²) in [6, 6.07) is 8.85. The van der Waals surface area contributed by atoms with Crippen molar-refractivity contribution in [2.45, 2.75) is 6.92 Å². The second-order valence-electron chi connectivity index (χ2n) is 5.43. The van der Waals surface area contributed by atoms with Crippen molar-refractivity contribution in [3.63, 3.8) is 0 Å². The molecule has 0 spiro atoms. The number of aryl methyl sites for hydroxylation is 1. The zero-order valence-electron chi connectivity index (χ0n) is 12.5. The summed E-state index contributed by atoms with van der Waals surface area (Å²) in [5.74, 6) is -4.54. The van der Waals surface area contributed by atoms with E-state index < -0.39 is 29.1 Å². The largest absolute Gasteiger partial charge is 0.206 e. The molecule has 0 aliphatic heterocycles. The van der Waals surface area contributed by atoms with E-state index in [0.717, 1.165) is 30.3 Å². The Bertz CT molecular complexity index is 908. The molecular weight excluding hydrogens is 323 g/mol. The van der Waals surface area contributed by atoms with Crippen LogP contribution < -0.4 is 0 Å². The number of benzene rings is 3. The van der Waals surface area contributed by atoms with E-state index in [2.05, 4.69) is 0 Å². The van der Waals surface area contributed by atoms with Crippen LogP contribution in [-0.2, 0) is 0 Å². The predicted molar refractivity (Wildman–Crippen MR) is 81.8 cm³/mol. The van der Waals surface area contributed by atoms with Crippen molar-refractivity contribution in [2.24, 2.45) is 0 Å². The molecule has 0 saturated heterocycles. The highest BCUT2D eigenvalue weighted by atomic mass is 19.2. The standard InChI is InChI=1S/C19H11F5/c1-10-6-17(23)19(18(24)7-10)12-2-4-13(15(21)9-12)11-3-5-14(20)16(22)8-11/h2-9H,1H3. The van der Waals surface area contributed by atoms with E-state index >= 15 is 0 Å². The highest BCUT2D eigenvalue weighted by Gasteiger charge is 2.15. The maximum Gasteiger partial charge on any atom is 0.159 e. The Morgan fingerprint density at radius 1 is 0.542 bits per heavy atom. The van der Waals surface area contributed by atoms with Crippen LogP contribution in [0, 0.1) is 36.0 Å². The monoisotopic (exact) mass is 334 g/mol. The van der Waals surface area contributed by atoms with Crippen LogP contribution in [0.15, 0.2) is 48.5 Å². The topological polar surface area (TPSA) is 0 Å². The Hall–Kier alpha value is -2.69. The van der Waals surface area contributed by atoms with Crippen LogP contribution in [0.25, 0.3) is 22.3 Å². The van der Waals surface area contributed by atoms with Crippen LogP contribution in [0.5, 0.6) is 0 Å². The van der Waals surface area contributed by atoms with Crippen LogP contribution in [0.2, 0.25) is 0 Å². The van der Waals surface area contributed by atoms with Crippen LogP contribution in [0.3, 0.4) is 0 Å². The smallest absolute Gasteiger partial charge is 0.159 e. The molecule has 122 valence electrons. The minimum absolute atomic E-state index is 0.00516. The minimum Gasteiger partial charge on any atom is -0.206 e. The minimum atomic E-state index is -1.11. The normalized spacial score (nSPS) is 10.9. The molecule has 0 amide bonds. The first-order valence-corrected chi connectivity index (χ1v) is 7.08. The summed E-state index contributed by atoms with van der Waals surface area (Å²) in [7, 11) is 0. The highest BCUT2D eigenvalue weighted by molar-refractivity contribution is 5.72. The number of hydrogen-bond donors (Lipinski definition) is 0. The second-order valence-corrected chi connectivity index (χ2v) is 5.43. The molecule has 3 aromatic rings. The third kappa shape index (κ3) is 2.89. The van der Waals surface area contributed by atoms with E-state index in [4.69, 9.17) is 0 Å². The molecule has 0 nitrogen and oxygen atoms in total. The average Bonchev–Trinajstić information content (AvgIpc) is 2.49. The zero-order chi connectivity index (χ0) is 17.4. The summed E-state index contributed by atoms with van der Waals surface area (Å²) in [5, 5.41) is 0. The molecule has 3 aromatic carbocycles. The van der Waals surface area contributed by atoms with Gasteiger partial charge in [0.15, 0.2) is 11.6 Å². The van der Waals surface area contributed by atoms with Gasteiger partial charge < -0.3 is 0 Å². The van der Waals surface area contributed by atoms with Crippen LogP contribution >= 0.6 is 0 Å². The van der Waals surface area contributed by atoms with Gasteiger partial charge in [0.05, 0.1) is 5.56 Å². The lowest BCUT2D eigenvalue weighted by Gasteiger charge is -2.10. The van der Waals surface area contributed by atoms with E-state index in [1.165, 1.54) is 18.2 Å². The molecule has 0 heterocycles. The molecule has 0 aromatic heterocycles. The summed E-state index contributed by atoms with van der Waals surface area (Å²) in [5.41, 5.74) is 0.228. The molecule has 0 atom stereocenters. The summed E-state index contributed by atoms with van der Waals surface area (Å²) < 4.78 is 68.6. The Morgan fingerprint density at radius 3 is 1.71 bits per heavy atom. The van der Waals surface area contributed by atoms with Crippen LogP contribution in [-0.4, -0.2) is 0 Å². The summed E-state index contributed by atoms with van der Waals surface area (Å²) in [6.07, 6.45) is 0. The molecule has 0 aliphatic carbocycles. The van der Waals surface area contributed by atoms with Crippen molar-refractivity contribution >= 4 is 0 Å². The fourth-order valence-electron chi connectivity index (χ4n) is 2.54. The molecule has 0 unspecified atom stereocenters. The van der Waals surface area contributed by atoms with Crippen molar-refractivity contribution in [2.75, 3.05) is 0 Å². The fraction of sp³-hybridized carbons (Fsp3) is 0.0526. The van der Waals surface area contributed by atoms with E-state index in [0.29, 0.717) is 5.56 Å². The zero-order valence-corrected chi connectivity index (χ0v) is 12.5. The first kappa shape index (κ1) is 16.2. The number of rotatable bonds is 2. The van der Waals surface area contributed by atoms with Gasteiger partial charge >= 0.3 is 0 Å². The van der Waals surface area contributed by atoms with Gasteiger partial charge in [-0.05, 0) is 53.9 Å². The first-order chi connectivity index (χ1) is 11.4. The van der Waals surface area contributed by atoms with Gasteiger partial charge in [-0.1, -0.05) is 18.2 Å². The molecule has 0 bridgehead atoms. The Kier molecular flexibility index (Phi) is 4.09. The second kappa shape index (κ2) is 6.07. The van der Waals surface area contributed by atoms with Gasteiger partial charge in [0.25, 0.3) is 0 Å². The lowest BCUT2D eigenvalue weighted by molar-refractivity contribution is 0.509. The van der Waals surface area contributed by atoms with Crippen molar-refractivity contribution in [1.82, 2.24) is 0 Å². The molecule has 5 heteroatoms. The van der Waals surface area contributed by atoms with Crippen molar-refractivity contribution in [1.29, 1.82) is 0 Å². The molecule has 0 aliphatic rings. The first-order valence-electron chi connectivity index (χ1n) is 7.08. The van der Waals surface area contributed by atoms with Crippen molar-refractivity contribution < 1.29 is 22.0 Å². The molecule has 0 radical (unpaired) electrons. The van der Waals surface area contributed by atoms with Crippen LogP contribution in [0.4, 0.5) is 22.0 Å². The molecule has 3 rings (SSSR count). The van der Waals surface area contributed by atoms with E-state index in [1.807, 2.05) is 0 Å². The van der Waals surface area contributed by atoms with E-state index in [-0.39, 0.29) is 22.3 Å².